The van der Waals surface area contributed by atoms with Crippen molar-refractivity contribution in [2.45, 2.75) is 12.5 Å². The van der Waals surface area contributed by atoms with Crippen LogP contribution < -0.4 is 0 Å². The molecule has 2 aromatic rings. The van der Waals surface area contributed by atoms with Gasteiger partial charge in [-0.1, -0.05) is 12.1 Å². The van der Waals surface area contributed by atoms with Gasteiger partial charge in [-0.2, -0.15) is 0 Å². The van der Waals surface area contributed by atoms with Gasteiger partial charge in [0, 0.05) is 18.9 Å². The van der Waals surface area contributed by atoms with Crippen molar-refractivity contribution in [2.24, 2.45) is 5.92 Å². The number of likely N-dealkylation sites (tertiary alicyclic amines) is 1. The number of nitrogens with zero attached hydrogens (tertiary/aromatic N) is 2. The van der Waals surface area contributed by atoms with E-state index in [1.54, 1.807) is 18.3 Å². The minimum Gasteiger partial charge on any atom is -0.481 e. The first-order valence-electron chi connectivity index (χ1n) is 7.27. The van der Waals surface area contributed by atoms with Crippen LogP contribution in [-0.2, 0) is 4.79 Å². The molecule has 0 unspecified atom stereocenters. The minimum atomic E-state index is -0.958. The average molecular weight is 314 g/mol. The number of hydrogen-bond acceptors (Lipinski definition) is 3. The summed E-state index contributed by atoms with van der Waals surface area (Å²) < 4.78 is 13.1. The molecule has 1 fully saturated rings. The number of hydrogen-bond donors (Lipinski definition) is 1. The van der Waals surface area contributed by atoms with E-state index >= 15 is 0 Å². The number of carbonyl (C=O) groups excluding carboxylic acids is 1. The minimum absolute atomic E-state index is 0.267. The van der Waals surface area contributed by atoms with Gasteiger partial charge in [-0.25, -0.2) is 4.39 Å². The summed E-state index contributed by atoms with van der Waals surface area (Å²) in [5, 5.41) is 9.45. The maximum Gasteiger partial charge on any atom is 0.309 e. The summed E-state index contributed by atoms with van der Waals surface area (Å²) in [7, 11) is 0. The molecule has 0 saturated carbocycles. The topological polar surface area (TPSA) is 70.5 Å². The maximum absolute atomic E-state index is 13.1. The number of benzene rings is 1. The van der Waals surface area contributed by atoms with Crippen LogP contribution in [0.25, 0.3) is 0 Å². The number of aliphatic carboxylic acids is 1. The Morgan fingerprint density at radius 3 is 2.57 bits per heavy atom. The molecule has 2 atom stereocenters. The van der Waals surface area contributed by atoms with Gasteiger partial charge in [0.05, 0.1) is 17.5 Å². The van der Waals surface area contributed by atoms with E-state index in [1.165, 1.54) is 35.4 Å². The number of halogens is 1. The molecule has 1 N–H and O–H groups in total. The highest BCUT2D eigenvalue weighted by atomic mass is 19.1. The Hall–Kier alpha value is -2.76. The molecule has 0 radical (unpaired) electrons. The fourth-order valence-corrected chi connectivity index (χ4v) is 3.01. The molecule has 1 saturated heterocycles. The predicted octanol–water partition coefficient (Wildman–Crippen LogP) is 2.51. The van der Waals surface area contributed by atoms with E-state index in [0.717, 1.165) is 0 Å². The number of amides is 1. The van der Waals surface area contributed by atoms with Gasteiger partial charge >= 0.3 is 5.97 Å². The van der Waals surface area contributed by atoms with Crippen LogP contribution in [0.1, 0.15) is 28.4 Å². The van der Waals surface area contributed by atoms with Crippen LogP contribution in [0.15, 0.2) is 48.8 Å². The Kier molecular flexibility index (Phi) is 4.06. The third kappa shape index (κ3) is 2.92. The smallest absolute Gasteiger partial charge is 0.309 e. The first-order valence-corrected chi connectivity index (χ1v) is 7.27. The summed E-state index contributed by atoms with van der Waals surface area (Å²) >= 11 is 0. The van der Waals surface area contributed by atoms with Crippen LogP contribution in [0, 0.1) is 11.7 Å². The molecular weight excluding hydrogens is 299 g/mol. The molecule has 0 spiro atoms. The highest BCUT2D eigenvalue weighted by molar-refractivity contribution is 5.95. The zero-order chi connectivity index (χ0) is 16.4. The van der Waals surface area contributed by atoms with Crippen LogP contribution in [-0.4, -0.2) is 33.4 Å². The zero-order valence-electron chi connectivity index (χ0n) is 12.2. The molecule has 1 aliphatic heterocycles. The van der Waals surface area contributed by atoms with E-state index in [0.29, 0.717) is 24.1 Å². The van der Waals surface area contributed by atoms with Crippen LogP contribution in [0.2, 0.25) is 0 Å². The van der Waals surface area contributed by atoms with Gasteiger partial charge in [-0.05, 0) is 36.2 Å². The maximum atomic E-state index is 13.1. The van der Waals surface area contributed by atoms with Gasteiger partial charge in [-0.3, -0.25) is 14.6 Å². The predicted molar refractivity (Wildman–Crippen MR) is 80.2 cm³/mol. The lowest BCUT2D eigenvalue weighted by molar-refractivity contribution is -0.142. The van der Waals surface area contributed by atoms with E-state index in [4.69, 9.17) is 0 Å². The van der Waals surface area contributed by atoms with Crippen molar-refractivity contribution in [3.8, 4) is 0 Å². The number of carbonyl (C=O) groups is 2. The van der Waals surface area contributed by atoms with Crippen molar-refractivity contribution in [1.29, 1.82) is 0 Å². The Bertz CT molecular complexity index is 718. The monoisotopic (exact) mass is 314 g/mol. The van der Waals surface area contributed by atoms with Gasteiger partial charge in [-0.15, -0.1) is 0 Å². The number of carboxylic acid groups (broad SMARTS) is 1. The SMILES string of the molecule is O=C(O)[C@@H]1CCN(C(=O)c2cccnc2)[C@@H]1c1ccc(F)cc1. The van der Waals surface area contributed by atoms with Crippen LogP contribution in [0.5, 0.6) is 0 Å². The van der Waals surface area contributed by atoms with Crippen molar-refractivity contribution in [2.75, 3.05) is 6.54 Å². The van der Waals surface area contributed by atoms with E-state index in [1.807, 2.05) is 0 Å². The number of rotatable bonds is 3. The van der Waals surface area contributed by atoms with Gasteiger partial charge in [0.25, 0.3) is 5.91 Å². The lowest BCUT2D eigenvalue weighted by atomic mass is 9.93. The molecular formula is C17H15FN2O3. The second kappa shape index (κ2) is 6.16. The molecule has 118 valence electrons. The second-order valence-electron chi connectivity index (χ2n) is 5.47. The first kappa shape index (κ1) is 15.1. The summed E-state index contributed by atoms with van der Waals surface area (Å²) in [6.45, 7) is 0.340. The van der Waals surface area contributed by atoms with Gasteiger partial charge in [0.2, 0.25) is 0 Å². The van der Waals surface area contributed by atoms with E-state index in [-0.39, 0.29) is 5.91 Å². The van der Waals surface area contributed by atoms with Crippen LogP contribution in [0.3, 0.4) is 0 Å². The van der Waals surface area contributed by atoms with E-state index < -0.39 is 23.7 Å². The number of pyridine rings is 1. The van der Waals surface area contributed by atoms with Gasteiger partial charge in [0.15, 0.2) is 0 Å². The third-order valence-electron chi connectivity index (χ3n) is 4.10. The molecule has 0 aliphatic carbocycles. The molecule has 1 aromatic carbocycles. The average Bonchev–Trinajstić information content (AvgIpc) is 3.01. The largest absolute Gasteiger partial charge is 0.481 e. The number of carboxylic acids is 1. The molecule has 3 rings (SSSR count). The quantitative estimate of drug-likeness (QED) is 0.945. The van der Waals surface area contributed by atoms with E-state index in [9.17, 15) is 19.1 Å². The molecule has 23 heavy (non-hydrogen) atoms. The van der Waals surface area contributed by atoms with Crippen molar-refractivity contribution in [3.05, 3.63) is 65.7 Å². The van der Waals surface area contributed by atoms with Gasteiger partial charge < -0.3 is 10.0 Å². The van der Waals surface area contributed by atoms with Crippen molar-refractivity contribution < 1.29 is 19.1 Å². The summed E-state index contributed by atoms with van der Waals surface area (Å²) in [5.41, 5.74) is 1.03. The summed E-state index contributed by atoms with van der Waals surface area (Å²) in [5.74, 6) is -2.33. The second-order valence-corrected chi connectivity index (χ2v) is 5.47. The molecule has 1 amide bonds. The van der Waals surface area contributed by atoms with Crippen LogP contribution in [0.4, 0.5) is 4.39 Å². The summed E-state index contributed by atoms with van der Waals surface area (Å²) in [6, 6.07) is 8.31. The highest BCUT2D eigenvalue weighted by Crippen LogP contribution is 2.38. The van der Waals surface area contributed by atoms with Crippen LogP contribution >= 0.6 is 0 Å². The molecule has 2 heterocycles. The van der Waals surface area contributed by atoms with E-state index in [2.05, 4.69) is 4.98 Å². The normalized spacial score (nSPS) is 20.5. The Morgan fingerprint density at radius 1 is 1.22 bits per heavy atom. The lowest BCUT2D eigenvalue weighted by Gasteiger charge is -2.27. The molecule has 5 nitrogen and oxygen atoms in total. The lowest BCUT2D eigenvalue weighted by Crippen LogP contribution is -2.33. The molecule has 1 aliphatic rings. The molecule has 6 heteroatoms. The zero-order valence-corrected chi connectivity index (χ0v) is 12.2. The first-order chi connectivity index (χ1) is 11.1. The Morgan fingerprint density at radius 2 is 1.96 bits per heavy atom. The number of aromatic nitrogens is 1. The summed E-state index contributed by atoms with van der Waals surface area (Å²) in [4.78, 5) is 29.7. The molecule has 0 bridgehead atoms. The standard InChI is InChI=1S/C17H15FN2O3/c18-13-5-3-11(4-6-13)15-14(17(22)23)7-9-20(15)16(21)12-2-1-8-19-10-12/h1-6,8,10,14-15H,7,9H2,(H,22,23)/t14-,15-/m1/s1. The Balaban J connectivity index is 1.97. The van der Waals surface area contributed by atoms with Crippen molar-refractivity contribution >= 4 is 11.9 Å². The fourth-order valence-electron chi connectivity index (χ4n) is 3.01. The Labute approximate surface area is 132 Å². The fraction of sp³-hybridized carbons (Fsp3) is 0.235. The third-order valence-corrected chi connectivity index (χ3v) is 4.10. The summed E-state index contributed by atoms with van der Waals surface area (Å²) in [6.07, 6.45) is 3.39. The highest BCUT2D eigenvalue weighted by Gasteiger charge is 2.42. The molecule has 1 aromatic heterocycles. The van der Waals surface area contributed by atoms with Gasteiger partial charge in [0.1, 0.15) is 5.82 Å². The van der Waals surface area contributed by atoms with Crippen molar-refractivity contribution in [3.63, 3.8) is 0 Å². The van der Waals surface area contributed by atoms with Crippen molar-refractivity contribution in [1.82, 2.24) is 9.88 Å².